The van der Waals surface area contributed by atoms with Crippen LogP contribution in [-0.2, 0) is 22.7 Å². The largest absolute Gasteiger partial charge is 0.478 e. The smallest absolute Gasteiger partial charge is 0.338 e. The van der Waals surface area contributed by atoms with Crippen molar-refractivity contribution in [3.63, 3.8) is 0 Å². The minimum absolute atomic E-state index is 0.112. The fourth-order valence-corrected chi connectivity index (χ4v) is 4.74. The van der Waals surface area contributed by atoms with Crippen molar-refractivity contribution < 1.29 is 24.1 Å². The van der Waals surface area contributed by atoms with Gasteiger partial charge < -0.3 is 19.8 Å². The number of carboxylic acid groups (broad SMARTS) is 1. The maximum atomic E-state index is 13.8. The summed E-state index contributed by atoms with van der Waals surface area (Å²) >= 11 is 1.50. The molecule has 1 aromatic carbocycles. The predicted molar refractivity (Wildman–Crippen MR) is 111 cm³/mol. The number of morpholine rings is 1. The summed E-state index contributed by atoms with van der Waals surface area (Å²) in [6.07, 6.45) is 1.88. The van der Waals surface area contributed by atoms with Gasteiger partial charge in [-0.1, -0.05) is 13.0 Å². The standard InChI is InChI=1S/C21H27FN2O4S/c1-3-29-20-19(21(26)27)14(2)10-18(23-6-8-28-9-7-23)24(20)12-15-4-5-17(22)16(11-15)13-25/h4-5,10-11,18,25H,3,6-9,12-13H2,1-2H3,(H,26,27). The lowest BCUT2D eigenvalue weighted by molar-refractivity contribution is -0.132. The third-order valence-electron chi connectivity index (χ3n) is 5.14. The number of aliphatic hydroxyl groups excluding tert-OH is 1. The monoisotopic (exact) mass is 422 g/mol. The molecule has 3 rings (SSSR count). The van der Waals surface area contributed by atoms with Gasteiger partial charge >= 0.3 is 5.97 Å². The SMILES string of the molecule is CCSC1=C(C(=O)O)C(C)=CC(N2CCOCC2)N1Cc1ccc(F)c(CO)c1. The van der Waals surface area contributed by atoms with Gasteiger partial charge in [-0.25, -0.2) is 9.18 Å². The van der Waals surface area contributed by atoms with Crippen molar-refractivity contribution in [3.05, 3.63) is 57.4 Å². The normalized spacial score (nSPS) is 20.8. The molecule has 0 aliphatic carbocycles. The van der Waals surface area contributed by atoms with Crippen LogP contribution in [0.1, 0.15) is 25.0 Å². The van der Waals surface area contributed by atoms with Gasteiger partial charge in [0.1, 0.15) is 12.0 Å². The molecule has 0 saturated carbocycles. The van der Waals surface area contributed by atoms with Crippen molar-refractivity contribution in [3.8, 4) is 0 Å². The van der Waals surface area contributed by atoms with Crippen molar-refractivity contribution in [2.45, 2.75) is 33.2 Å². The second kappa shape index (κ2) is 9.75. The van der Waals surface area contributed by atoms with E-state index in [1.54, 1.807) is 12.1 Å². The van der Waals surface area contributed by atoms with Gasteiger partial charge in [-0.05, 0) is 42.0 Å². The first-order valence-electron chi connectivity index (χ1n) is 9.72. The number of carboxylic acids is 1. The van der Waals surface area contributed by atoms with Gasteiger partial charge in [0.05, 0.1) is 30.4 Å². The van der Waals surface area contributed by atoms with Crippen LogP contribution in [0.4, 0.5) is 4.39 Å². The molecule has 2 N–H and O–H groups in total. The molecule has 1 fully saturated rings. The first-order chi connectivity index (χ1) is 14.0. The van der Waals surface area contributed by atoms with Crippen LogP contribution in [0.5, 0.6) is 0 Å². The minimum atomic E-state index is -0.949. The number of ether oxygens (including phenoxy) is 1. The molecule has 0 bridgehead atoms. The van der Waals surface area contributed by atoms with Crippen molar-refractivity contribution in [1.29, 1.82) is 0 Å². The zero-order chi connectivity index (χ0) is 21.0. The highest BCUT2D eigenvalue weighted by molar-refractivity contribution is 8.03. The van der Waals surface area contributed by atoms with Gasteiger partial charge in [-0.3, -0.25) is 4.90 Å². The average Bonchev–Trinajstić information content (AvgIpc) is 2.71. The van der Waals surface area contributed by atoms with E-state index in [1.807, 2.05) is 19.9 Å². The van der Waals surface area contributed by atoms with Gasteiger partial charge in [0.15, 0.2) is 0 Å². The molecular weight excluding hydrogens is 395 g/mol. The Bertz CT molecular complexity index is 821. The molecular formula is C21H27FN2O4S. The number of carbonyl (C=O) groups is 1. The zero-order valence-corrected chi connectivity index (χ0v) is 17.5. The molecule has 0 amide bonds. The van der Waals surface area contributed by atoms with Crippen LogP contribution in [0.25, 0.3) is 0 Å². The fraction of sp³-hybridized carbons (Fsp3) is 0.476. The lowest BCUT2D eigenvalue weighted by atomic mass is 10.0. The average molecular weight is 423 g/mol. The number of aliphatic carboxylic acids is 1. The van der Waals surface area contributed by atoms with Gasteiger partial charge in [-0.15, -0.1) is 11.8 Å². The summed E-state index contributed by atoms with van der Waals surface area (Å²) in [4.78, 5) is 16.4. The number of rotatable bonds is 7. The van der Waals surface area contributed by atoms with E-state index in [9.17, 15) is 19.4 Å². The molecule has 1 aromatic rings. The molecule has 2 aliphatic rings. The van der Waals surface area contributed by atoms with Crippen LogP contribution in [0, 0.1) is 5.82 Å². The highest BCUT2D eigenvalue weighted by Gasteiger charge is 2.34. The van der Waals surface area contributed by atoms with Gasteiger partial charge in [0, 0.05) is 25.2 Å². The van der Waals surface area contributed by atoms with Crippen molar-refractivity contribution in [1.82, 2.24) is 9.80 Å². The molecule has 0 aromatic heterocycles. The van der Waals surface area contributed by atoms with Crippen LogP contribution in [0.15, 0.2) is 40.5 Å². The van der Waals surface area contributed by atoms with E-state index < -0.39 is 11.8 Å². The summed E-state index contributed by atoms with van der Waals surface area (Å²) in [6, 6.07) is 4.68. The Morgan fingerprint density at radius 3 is 2.69 bits per heavy atom. The van der Waals surface area contributed by atoms with E-state index in [0.29, 0.717) is 30.4 Å². The van der Waals surface area contributed by atoms with Crippen molar-refractivity contribution in [2.75, 3.05) is 32.1 Å². The van der Waals surface area contributed by atoms with Crippen LogP contribution in [0.3, 0.4) is 0 Å². The van der Waals surface area contributed by atoms with E-state index in [-0.39, 0.29) is 18.3 Å². The molecule has 8 heteroatoms. The molecule has 2 heterocycles. The summed E-state index contributed by atoms with van der Waals surface area (Å²) in [5.41, 5.74) is 2.11. The summed E-state index contributed by atoms with van der Waals surface area (Å²) in [5, 5.41) is 20.0. The lowest BCUT2D eigenvalue weighted by Crippen LogP contribution is -2.52. The zero-order valence-electron chi connectivity index (χ0n) is 16.7. The quantitative estimate of drug-likeness (QED) is 0.700. The van der Waals surface area contributed by atoms with Gasteiger partial charge in [0.25, 0.3) is 0 Å². The van der Waals surface area contributed by atoms with E-state index in [1.165, 1.54) is 17.8 Å². The fourth-order valence-electron chi connectivity index (χ4n) is 3.74. The third-order valence-corrected chi connectivity index (χ3v) is 6.14. The molecule has 1 atom stereocenters. The first kappa shape index (κ1) is 21.8. The maximum absolute atomic E-state index is 13.8. The topological polar surface area (TPSA) is 73.2 Å². The van der Waals surface area contributed by atoms with Crippen LogP contribution >= 0.6 is 11.8 Å². The van der Waals surface area contributed by atoms with Crippen LogP contribution in [-0.4, -0.2) is 64.2 Å². The molecule has 2 aliphatic heterocycles. The molecule has 29 heavy (non-hydrogen) atoms. The molecule has 158 valence electrons. The number of hydrogen-bond donors (Lipinski definition) is 2. The van der Waals surface area contributed by atoms with E-state index in [0.717, 1.165) is 30.0 Å². The molecule has 1 unspecified atom stereocenters. The van der Waals surface area contributed by atoms with Crippen molar-refractivity contribution >= 4 is 17.7 Å². The highest BCUT2D eigenvalue weighted by Crippen LogP contribution is 2.37. The molecule has 1 saturated heterocycles. The maximum Gasteiger partial charge on any atom is 0.338 e. The Hall–Kier alpha value is -1.87. The number of hydrogen-bond acceptors (Lipinski definition) is 6. The Balaban J connectivity index is 2.03. The van der Waals surface area contributed by atoms with E-state index in [2.05, 4.69) is 9.80 Å². The summed E-state index contributed by atoms with van der Waals surface area (Å²) < 4.78 is 19.3. The number of nitrogens with zero attached hydrogens (tertiary/aromatic N) is 2. The Morgan fingerprint density at radius 2 is 2.07 bits per heavy atom. The Labute approximate surface area is 174 Å². The van der Waals surface area contributed by atoms with Gasteiger partial charge in [0.2, 0.25) is 0 Å². The second-order valence-corrected chi connectivity index (χ2v) is 8.29. The lowest BCUT2D eigenvalue weighted by Gasteiger charge is -2.44. The van der Waals surface area contributed by atoms with E-state index in [4.69, 9.17) is 4.74 Å². The molecule has 6 nitrogen and oxygen atoms in total. The number of benzene rings is 1. The van der Waals surface area contributed by atoms with Crippen molar-refractivity contribution in [2.24, 2.45) is 0 Å². The first-order valence-corrected chi connectivity index (χ1v) is 10.7. The Kier molecular flexibility index (Phi) is 7.34. The number of thioether (sulfide) groups is 1. The number of halogens is 1. The third kappa shape index (κ3) is 4.83. The highest BCUT2D eigenvalue weighted by atomic mass is 32.2. The summed E-state index contributed by atoms with van der Waals surface area (Å²) in [5.74, 6) is -0.660. The molecule has 0 spiro atoms. The summed E-state index contributed by atoms with van der Waals surface area (Å²) in [6.45, 7) is 6.64. The van der Waals surface area contributed by atoms with Crippen LogP contribution < -0.4 is 0 Å². The number of aliphatic hydroxyl groups is 1. The van der Waals surface area contributed by atoms with Gasteiger partial charge in [-0.2, -0.15) is 0 Å². The summed E-state index contributed by atoms with van der Waals surface area (Å²) in [7, 11) is 0. The predicted octanol–water partition coefficient (Wildman–Crippen LogP) is 2.79. The second-order valence-electron chi connectivity index (χ2n) is 7.04. The van der Waals surface area contributed by atoms with E-state index >= 15 is 0 Å². The Morgan fingerprint density at radius 1 is 1.34 bits per heavy atom. The molecule has 0 radical (unpaired) electrons. The minimum Gasteiger partial charge on any atom is -0.478 e. The van der Waals surface area contributed by atoms with Crippen LogP contribution in [0.2, 0.25) is 0 Å².